The summed E-state index contributed by atoms with van der Waals surface area (Å²) in [7, 11) is -3.20. The number of carbonyl (C=O) groups is 2. The van der Waals surface area contributed by atoms with Crippen LogP contribution < -0.4 is 10.6 Å². The number of carboxylic acids is 1. The predicted molar refractivity (Wildman–Crippen MR) is 67.1 cm³/mol. The van der Waals surface area contributed by atoms with Crippen LogP contribution in [0.5, 0.6) is 0 Å². The highest BCUT2D eigenvalue weighted by Gasteiger charge is 2.20. The third kappa shape index (κ3) is 7.66. The van der Waals surface area contributed by atoms with Gasteiger partial charge in [-0.1, -0.05) is 6.08 Å². The highest BCUT2D eigenvalue weighted by atomic mass is 32.2. The quantitative estimate of drug-likeness (QED) is 0.556. The molecule has 0 saturated heterocycles. The predicted octanol–water partition coefficient (Wildman–Crippen LogP) is -0.252. The molecule has 0 fully saturated rings. The SMILES string of the molecule is C=CCC(NC(=O)NC(C)CS(C)(=O)=O)C(=O)O. The average molecular weight is 278 g/mol. The van der Waals surface area contributed by atoms with Gasteiger partial charge in [-0.05, 0) is 13.3 Å². The van der Waals surface area contributed by atoms with Crippen molar-refractivity contribution in [2.24, 2.45) is 0 Å². The number of rotatable bonds is 7. The zero-order chi connectivity index (χ0) is 14.3. The lowest BCUT2D eigenvalue weighted by atomic mass is 10.2. The number of hydrogen-bond acceptors (Lipinski definition) is 4. The summed E-state index contributed by atoms with van der Waals surface area (Å²) < 4.78 is 22.0. The number of nitrogens with one attached hydrogen (secondary N) is 2. The second-order valence-corrected chi connectivity index (χ2v) is 6.21. The van der Waals surface area contributed by atoms with Crippen molar-refractivity contribution in [2.45, 2.75) is 25.4 Å². The van der Waals surface area contributed by atoms with Crippen LogP contribution in [0.15, 0.2) is 12.7 Å². The van der Waals surface area contributed by atoms with E-state index in [2.05, 4.69) is 17.2 Å². The minimum Gasteiger partial charge on any atom is -0.480 e. The van der Waals surface area contributed by atoms with Gasteiger partial charge in [0.15, 0.2) is 0 Å². The van der Waals surface area contributed by atoms with E-state index >= 15 is 0 Å². The second kappa shape index (κ2) is 7.00. The molecule has 2 amide bonds. The second-order valence-electron chi connectivity index (χ2n) is 4.03. The summed E-state index contributed by atoms with van der Waals surface area (Å²) in [5, 5.41) is 13.4. The fraction of sp³-hybridized carbons (Fsp3) is 0.600. The first-order valence-corrected chi connectivity index (χ1v) is 7.30. The van der Waals surface area contributed by atoms with Crippen molar-refractivity contribution < 1.29 is 23.1 Å². The molecule has 2 atom stereocenters. The number of aliphatic carboxylic acids is 1. The maximum atomic E-state index is 11.4. The van der Waals surface area contributed by atoms with Crippen molar-refractivity contribution in [1.29, 1.82) is 0 Å². The summed E-state index contributed by atoms with van der Waals surface area (Å²) in [5.41, 5.74) is 0. The van der Waals surface area contributed by atoms with E-state index in [4.69, 9.17) is 5.11 Å². The summed E-state index contributed by atoms with van der Waals surface area (Å²) >= 11 is 0. The molecule has 104 valence electrons. The van der Waals surface area contributed by atoms with Crippen LogP contribution in [-0.4, -0.2) is 49.6 Å². The Morgan fingerprint density at radius 1 is 1.39 bits per heavy atom. The van der Waals surface area contributed by atoms with Crippen LogP contribution in [0.25, 0.3) is 0 Å². The summed E-state index contributed by atoms with van der Waals surface area (Å²) in [6.07, 6.45) is 2.52. The molecule has 0 rings (SSSR count). The van der Waals surface area contributed by atoms with Gasteiger partial charge < -0.3 is 15.7 Å². The van der Waals surface area contributed by atoms with Gasteiger partial charge in [-0.25, -0.2) is 18.0 Å². The minimum absolute atomic E-state index is 0.0865. The maximum absolute atomic E-state index is 11.4. The third-order valence-electron chi connectivity index (χ3n) is 1.94. The van der Waals surface area contributed by atoms with E-state index in [1.807, 2.05) is 0 Å². The Hall–Kier alpha value is -1.57. The van der Waals surface area contributed by atoms with Crippen LogP contribution in [0.2, 0.25) is 0 Å². The number of amides is 2. The largest absolute Gasteiger partial charge is 0.480 e. The van der Waals surface area contributed by atoms with E-state index in [0.29, 0.717) is 0 Å². The van der Waals surface area contributed by atoms with Gasteiger partial charge in [0, 0.05) is 12.3 Å². The van der Waals surface area contributed by atoms with E-state index in [1.165, 1.54) is 13.0 Å². The van der Waals surface area contributed by atoms with Gasteiger partial charge in [-0.3, -0.25) is 0 Å². The molecule has 0 aromatic carbocycles. The Bertz CT molecular complexity index is 418. The molecular formula is C10H18N2O5S. The first kappa shape index (κ1) is 16.4. The molecule has 18 heavy (non-hydrogen) atoms. The smallest absolute Gasteiger partial charge is 0.326 e. The summed E-state index contributed by atoms with van der Waals surface area (Å²) in [6.45, 7) is 4.90. The third-order valence-corrected chi connectivity index (χ3v) is 3.04. The van der Waals surface area contributed by atoms with Crippen LogP contribution in [0, 0.1) is 0 Å². The maximum Gasteiger partial charge on any atom is 0.326 e. The van der Waals surface area contributed by atoms with Crippen molar-refractivity contribution in [2.75, 3.05) is 12.0 Å². The summed E-state index contributed by atoms with van der Waals surface area (Å²) in [4.78, 5) is 22.2. The zero-order valence-electron chi connectivity index (χ0n) is 10.3. The van der Waals surface area contributed by atoms with Crippen molar-refractivity contribution >= 4 is 21.8 Å². The molecule has 0 saturated carbocycles. The summed E-state index contributed by atoms with van der Waals surface area (Å²) in [5.74, 6) is -1.39. The lowest BCUT2D eigenvalue weighted by Crippen LogP contribution is -2.49. The summed E-state index contributed by atoms with van der Waals surface area (Å²) in [6, 6.07) is -2.40. The molecule has 0 spiro atoms. The number of carbonyl (C=O) groups excluding carboxylic acids is 1. The van der Waals surface area contributed by atoms with Gasteiger partial charge >= 0.3 is 12.0 Å². The van der Waals surface area contributed by atoms with E-state index in [1.54, 1.807) is 0 Å². The first-order chi connectivity index (χ1) is 8.15. The molecule has 0 radical (unpaired) electrons. The van der Waals surface area contributed by atoms with E-state index < -0.39 is 33.9 Å². The first-order valence-electron chi connectivity index (χ1n) is 5.24. The van der Waals surface area contributed by atoms with Gasteiger partial charge in [-0.2, -0.15) is 0 Å². The standard InChI is InChI=1S/C10H18N2O5S/c1-4-5-8(9(13)14)12-10(15)11-7(2)6-18(3,16)17/h4,7-8H,1,5-6H2,2-3H3,(H,13,14)(H2,11,12,15). The molecule has 0 aliphatic carbocycles. The molecule has 0 aromatic rings. The highest BCUT2D eigenvalue weighted by Crippen LogP contribution is 1.94. The van der Waals surface area contributed by atoms with Crippen molar-refractivity contribution in [3.63, 3.8) is 0 Å². The van der Waals surface area contributed by atoms with Crippen molar-refractivity contribution in [3.8, 4) is 0 Å². The van der Waals surface area contributed by atoms with Crippen LogP contribution in [-0.2, 0) is 14.6 Å². The normalized spacial score (nSPS) is 14.3. The van der Waals surface area contributed by atoms with E-state index in [9.17, 15) is 18.0 Å². The van der Waals surface area contributed by atoms with Crippen molar-refractivity contribution in [1.82, 2.24) is 10.6 Å². The van der Waals surface area contributed by atoms with Gasteiger partial charge in [0.2, 0.25) is 0 Å². The number of carboxylic acid groups (broad SMARTS) is 1. The van der Waals surface area contributed by atoms with Crippen LogP contribution in [0.1, 0.15) is 13.3 Å². The Morgan fingerprint density at radius 3 is 2.33 bits per heavy atom. The molecule has 0 heterocycles. The monoisotopic (exact) mass is 278 g/mol. The fourth-order valence-corrected chi connectivity index (χ4v) is 2.30. The lowest BCUT2D eigenvalue weighted by Gasteiger charge is -2.16. The minimum atomic E-state index is -3.20. The van der Waals surface area contributed by atoms with Crippen LogP contribution in [0.4, 0.5) is 4.79 Å². The zero-order valence-corrected chi connectivity index (χ0v) is 11.2. The Labute approximate surface area is 106 Å². The topological polar surface area (TPSA) is 113 Å². The van der Waals surface area contributed by atoms with E-state index in [-0.39, 0.29) is 12.2 Å². The number of sulfone groups is 1. The average Bonchev–Trinajstić information content (AvgIpc) is 2.13. The Balaban J connectivity index is 4.32. The molecule has 7 nitrogen and oxygen atoms in total. The number of hydrogen-bond donors (Lipinski definition) is 3. The molecule has 0 aliphatic heterocycles. The van der Waals surface area contributed by atoms with E-state index in [0.717, 1.165) is 6.26 Å². The molecule has 3 N–H and O–H groups in total. The Morgan fingerprint density at radius 2 is 1.94 bits per heavy atom. The van der Waals surface area contributed by atoms with Gasteiger partial charge in [0.05, 0.1) is 5.75 Å². The van der Waals surface area contributed by atoms with Gasteiger partial charge in [-0.15, -0.1) is 6.58 Å². The van der Waals surface area contributed by atoms with Crippen molar-refractivity contribution in [3.05, 3.63) is 12.7 Å². The molecule has 0 aromatic heterocycles. The Kier molecular flexibility index (Phi) is 6.39. The molecule has 0 bridgehead atoms. The number of urea groups is 1. The van der Waals surface area contributed by atoms with Crippen LogP contribution >= 0.6 is 0 Å². The van der Waals surface area contributed by atoms with Crippen LogP contribution in [0.3, 0.4) is 0 Å². The lowest BCUT2D eigenvalue weighted by molar-refractivity contribution is -0.139. The molecule has 0 aliphatic rings. The highest BCUT2D eigenvalue weighted by molar-refractivity contribution is 7.90. The van der Waals surface area contributed by atoms with Gasteiger partial charge in [0.25, 0.3) is 0 Å². The molecular weight excluding hydrogens is 260 g/mol. The fourth-order valence-electron chi connectivity index (χ4n) is 1.31. The molecule has 8 heteroatoms. The van der Waals surface area contributed by atoms with Gasteiger partial charge in [0.1, 0.15) is 15.9 Å². The molecule has 2 unspecified atom stereocenters.